The van der Waals surface area contributed by atoms with Gasteiger partial charge in [-0.15, -0.1) is 11.3 Å². The molecule has 0 saturated heterocycles. The fraction of sp³-hybridized carbons (Fsp3) is 0.381. The summed E-state index contributed by atoms with van der Waals surface area (Å²) >= 11 is 7.55. The van der Waals surface area contributed by atoms with Gasteiger partial charge in [0.25, 0.3) is 0 Å². The Kier molecular flexibility index (Phi) is 6.52. The number of hydrogen-bond acceptors (Lipinski definition) is 6. The van der Waals surface area contributed by atoms with E-state index in [1.54, 1.807) is 0 Å². The molecule has 5 nitrogen and oxygen atoms in total. The number of carbonyl (C=O) groups excluding carboxylic acids is 1. The average molecular weight is 418 g/mol. The highest BCUT2D eigenvalue weighted by atomic mass is 35.5. The minimum atomic E-state index is -0.316. The van der Waals surface area contributed by atoms with E-state index < -0.39 is 0 Å². The fourth-order valence-corrected chi connectivity index (χ4v) is 4.32. The third-order valence-corrected chi connectivity index (χ3v) is 5.79. The Hall–Kier alpha value is -2.18. The van der Waals surface area contributed by atoms with Gasteiger partial charge in [0.2, 0.25) is 5.28 Å². The number of esters is 1. The molecule has 148 valence electrons. The van der Waals surface area contributed by atoms with Crippen LogP contribution < -0.4 is 4.90 Å². The number of thiophene rings is 1. The second-order valence-corrected chi connectivity index (χ2v) is 8.23. The van der Waals surface area contributed by atoms with Gasteiger partial charge >= 0.3 is 5.97 Å². The van der Waals surface area contributed by atoms with E-state index >= 15 is 0 Å². The van der Waals surface area contributed by atoms with Gasteiger partial charge in [0, 0.05) is 12.6 Å². The van der Waals surface area contributed by atoms with Crippen molar-refractivity contribution >= 4 is 44.9 Å². The second kappa shape index (κ2) is 8.88. The van der Waals surface area contributed by atoms with Crippen LogP contribution in [0.5, 0.6) is 0 Å². The average Bonchev–Trinajstić information content (AvgIpc) is 3.00. The van der Waals surface area contributed by atoms with E-state index in [4.69, 9.17) is 16.3 Å². The van der Waals surface area contributed by atoms with Crippen molar-refractivity contribution in [1.82, 2.24) is 9.97 Å². The summed E-state index contributed by atoms with van der Waals surface area (Å²) in [6.07, 6.45) is 0.783. The summed E-state index contributed by atoms with van der Waals surface area (Å²) in [6, 6.07) is 10.4. The molecule has 0 spiro atoms. The molecule has 1 aromatic carbocycles. The highest BCUT2D eigenvalue weighted by Gasteiger charge is 2.25. The summed E-state index contributed by atoms with van der Waals surface area (Å²) < 4.78 is 5.34. The van der Waals surface area contributed by atoms with Crippen LogP contribution in [0.25, 0.3) is 10.2 Å². The maximum Gasteiger partial charge on any atom is 0.348 e. The van der Waals surface area contributed by atoms with Gasteiger partial charge in [-0.3, -0.25) is 0 Å². The molecule has 0 radical (unpaired) electrons. The molecule has 0 aliphatic rings. The normalized spacial score (nSPS) is 11.2. The summed E-state index contributed by atoms with van der Waals surface area (Å²) in [4.78, 5) is 24.8. The van der Waals surface area contributed by atoms with Crippen molar-refractivity contribution in [3.05, 3.63) is 51.6 Å². The fourth-order valence-electron chi connectivity index (χ4n) is 3.04. The SMILES string of the molecule is CCCOC(=O)c1sc2nc(Cl)nc(N(Cc3ccccc3)C(C)C)c2c1C. The molecular weight excluding hydrogens is 394 g/mol. The Morgan fingerprint density at radius 2 is 1.96 bits per heavy atom. The smallest absolute Gasteiger partial charge is 0.348 e. The summed E-state index contributed by atoms with van der Waals surface area (Å²) in [5, 5.41) is 1.04. The summed E-state index contributed by atoms with van der Waals surface area (Å²) in [5.74, 6) is 0.431. The third kappa shape index (κ3) is 4.28. The van der Waals surface area contributed by atoms with Crippen LogP contribution in [-0.4, -0.2) is 28.6 Å². The molecule has 0 N–H and O–H groups in total. The third-order valence-electron chi connectivity index (χ3n) is 4.46. The molecule has 0 aliphatic carbocycles. The number of aromatic nitrogens is 2. The molecule has 0 bridgehead atoms. The Balaban J connectivity index is 2.10. The number of carbonyl (C=O) groups is 1. The number of ether oxygens (including phenoxy) is 1. The van der Waals surface area contributed by atoms with Crippen LogP contribution in [0.4, 0.5) is 5.82 Å². The first kappa shape index (κ1) is 20.6. The Morgan fingerprint density at radius 1 is 1.25 bits per heavy atom. The lowest BCUT2D eigenvalue weighted by molar-refractivity contribution is 0.0510. The molecule has 2 heterocycles. The zero-order chi connectivity index (χ0) is 20.3. The highest BCUT2D eigenvalue weighted by molar-refractivity contribution is 7.20. The lowest BCUT2D eigenvalue weighted by atomic mass is 10.1. The van der Waals surface area contributed by atoms with E-state index in [9.17, 15) is 4.79 Å². The number of aryl methyl sites for hydroxylation is 1. The standard InChI is InChI=1S/C21H24ClN3O2S/c1-5-11-27-20(26)17-14(4)16-18(23-21(22)24-19(16)28-17)25(13(2)3)12-15-9-7-6-8-10-15/h6-10,13H,5,11-12H2,1-4H3. The van der Waals surface area contributed by atoms with Crippen molar-refractivity contribution < 1.29 is 9.53 Å². The number of rotatable bonds is 7. The minimum Gasteiger partial charge on any atom is -0.462 e. The second-order valence-electron chi connectivity index (χ2n) is 6.90. The molecule has 28 heavy (non-hydrogen) atoms. The van der Waals surface area contributed by atoms with Crippen molar-refractivity contribution in [3.63, 3.8) is 0 Å². The van der Waals surface area contributed by atoms with Crippen LogP contribution in [0.15, 0.2) is 30.3 Å². The molecule has 2 aromatic heterocycles. The number of fused-ring (bicyclic) bond motifs is 1. The quantitative estimate of drug-likeness (QED) is 0.368. The molecule has 0 amide bonds. The van der Waals surface area contributed by atoms with Crippen LogP contribution in [-0.2, 0) is 11.3 Å². The first-order chi connectivity index (χ1) is 13.4. The minimum absolute atomic E-state index is 0.177. The monoisotopic (exact) mass is 417 g/mol. The van der Waals surface area contributed by atoms with Crippen molar-refractivity contribution in [2.24, 2.45) is 0 Å². The maximum atomic E-state index is 12.5. The van der Waals surface area contributed by atoms with Gasteiger partial charge in [-0.05, 0) is 49.9 Å². The molecule has 0 unspecified atom stereocenters. The van der Waals surface area contributed by atoms with Crippen LogP contribution in [0.1, 0.15) is 48.0 Å². The zero-order valence-electron chi connectivity index (χ0n) is 16.5. The van der Waals surface area contributed by atoms with Crippen LogP contribution >= 0.6 is 22.9 Å². The summed E-state index contributed by atoms with van der Waals surface area (Å²) in [5.41, 5.74) is 2.01. The molecule has 3 rings (SSSR count). The Labute approximate surface area is 174 Å². The van der Waals surface area contributed by atoms with E-state index in [2.05, 4.69) is 40.8 Å². The number of anilines is 1. The molecular formula is C21H24ClN3O2S. The van der Waals surface area contributed by atoms with Crippen molar-refractivity contribution in [2.75, 3.05) is 11.5 Å². The predicted octanol–water partition coefficient (Wildman–Crippen LogP) is 5.63. The number of benzene rings is 1. The number of nitrogens with zero attached hydrogens (tertiary/aromatic N) is 3. The van der Waals surface area contributed by atoms with Crippen LogP contribution in [0.3, 0.4) is 0 Å². The summed E-state index contributed by atoms with van der Waals surface area (Å²) in [7, 11) is 0. The largest absolute Gasteiger partial charge is 0.462 e. The topological polar surface area (TPSA) is 55.3 Å². The zero-order valence-corrected chi connectivity index (χ0v) is 18.1. The van der Waals surface area contributed by atoms with Gasteiger partial charge in [-0.25, -0.2) is 9.78 Å². The molecule has 0 atom stereocenters. The van der Waals surface area contributed by atoms with E-state index in [-0.39, 0.29) is 17.3 Å². The summed E-state index contributed by atoms with van der Waals surface area (Å²) in [6.45, 7) is 9.21. The number of halogens is 1. The van der Waals surface area contributed by atoms with Gasteiger partial charge in [-0.1, -0.05) is 37.3 Å². The maximum absolute atomic E-state index is 12.5. The van der Waals surface area contributed by atoms with E-state index in [1.807, 2.05) is 32.0 Å². The van der Waals surface area contributed by atoms with Crippen molar-refractivity contribution in [2.45, 2.75) is 46.7 Å². The van der Waals surface area contributed by atoms with Gasteiger partial charge in [0.1, 0.15) is 15.5 Å². The lowest BCUT2D eigenvalue weighted by Gasteiger charge is -2.29. The van der Waals surface area contributed by atoms with Gasteiger partial charge in [-0.2, -0.15) is 4.98 Å². The molecule has 0 fully saturated rings. The van der Waals surface area contributed by atoms with Crippen LogP contribution in [0.2, 0.25) is 5.28 Å². The van der Waals surface area contributed by atoms with Gasteiger partial charge < -0.3 is 9.64 Å². The number of hydrogen-bond donors (Lipinski definition) is 0. The Bertz CT molecular complexity index is 973. The highest BCUT2D eigenvalue weighted by Crippen LogP contribution is 2.37. The van der Waals surface area contributed by atoms with Crippen LogP contribution in [0, 0.1) is 6.92 Å². The molecule has 0 aliphatic heterocycles. The molecule has 7 heteroatoms. The van der Waals surface area contributed by atoms with Crippen molar-refractivity contribution in [3.8, 4) is 0 Å². The lowest BCUT2D eigenvalue weighted by Crippen LogP contribution is -2.31. The van der Waals surface area contributed by atoms with E-state index in [0.29, 0.717) is 22.9 Å². The van der Waals surface area contributed by atoms with Gasteiger partial charge in [0.15, 0.2) is 0 Å². The van der Waals surface area contributed by atoms with Crippen molar-refractivity contribution in [1.29, 1.82) is 0 Å². The first-order valence-corrected chi connectivity index (χ1v) is 10.6. The first-order valence-electron chi connectivity index (χ1n) is 9.36. The van der Waals surface area contributed by atoms with Gasteiger partial charge in [0.05, 0.1) is 12.0 Å². The molecule has 0 saturated carbocycles. The molecule has 3 aromatic rings. The van der Waals surface area contributed by atoms with E-state index in [0.717, 1.165) is 23.2 Å². The van der Waals surface area contributed by atoms with E-state index in [1.165, 1.54) is 16.9 Å². The Morgan fingerprint density at radius 3 is 2.61 bits per heavy atom. The predicted molar refractivity (Wildman–Crippen MR) is 115 cm³/mol.